The number of carbonyl (C=O) groups excluding carboxylic acids is 1. The first kappa shape index (κ1) is 16.0. The van der Waals surface area contributed by atoms with Crippen LogP contribution in [0.5, 0.6) is 0 Å². The molecule has 1 aromatic carbocycles. The van der Waals surface area contributed by atoms with E-state index in [1.807, 2.05) is 18.2 Å². The van der Waals surface area contributed by atoms with Gasteiger partial charge >= 0.3 is 0 Å². The maximum absolute atomic E-state index is 12.4. The van der Waals surface area contributed by atoms with Crippen LogP contribution < -0.4 is 10.6 Å². The quantitative estimate of drug-likeness (QED) is 0.845. The van der Waals surface area contributed by atoms with E-state index in [0.29, 0.717) is 0 Å². The van der Waals surface area contributed by atoms with Gasteiger partial charge in [-0.05, 0) is 44.1 Å². The van der Waals surface area contributed by atoms with Gasteiger partial charge in [-0.2, -0.15) is 0 Å². The monoisotopic (exact) mass is 289 g/mol. The molecular formula is C17H27N3O. The molecule has 1 amide bonds. The van der Waals surface area contributed by atoms with E-state index in [9.17, 15) is 4.79 Å². The van der Waals surface area contributed by atoms with Gasteiger partial charge in [-0.25, -0.2) is 0 Å². The molecule has 0 aliphatic carbocycles. The largest absolute Gasteiger partial charge is 0.326 e. The summed E-state index contributed by atoms with van der Waals surface area (Å²) in [7, 11) is 0. The third kappa shape index (κ3) is 4.55. The number of benzene rings is 1. The lowest BCUT2D eigenvalue weighted by molar-refractivity contribution is -0.120. The highest BCUT2D eigenvalue weighted by Crippen LogP contribution is 2.19. The normalized spacial score (nSPS) is 18.7. The van der Waals surface area contributed by atoms with Crippen molar-refractivity contribution in [2.24, 2.45) is 5.92 Å². The molecule has 1 fully saturated rings. The van der Waals surface area contributed by atoms with Gasteiger partial charge in [-0.15, -0.1) is 0 Å². The van der Waals surface area contributed by atoms with Crippen molar-refractivity contribution in [1.29, 1.82) is 0 Å². The maximum atomic E-state index is 12.4. The fourth-order valence-corrected chi connectivity index (χ4v) is 2.78. The SMILES string of the molecule is CCN(CC)Cc1ccccc1NC(=O)C1CCCNC1. The Bertz CT molecular complexity index is 451. The molecule has 1 aliphatic heterocycles. The molecule has 1 aromatic rings. The summed E-state index contributed by atoms with van der Waals surface area (Å²) in [5.74, 6) is 0.245. The zero-order chi connectivity index (χ0) is 15.1. The van der Waals surface area contributed by atoms with Crippen LogP contribution in [0.3, 0.4) is 0 Å². The molecule has 2 N–H and O–H groups in total. The minimum Gasteiger partial charge on any atom is -0.326 e. The minimum atomic E-state index is 0.0975. The van der Waals surface area contributed by atoms with Crippen molar-refractivity contribution in [3.8, 4) is 0 Å². The van der Waals surface area contributed by atoms with E-state index in [0.717, 1.165) is 51.3 Å². The van der Waals surface area contributed by atoms with Gasteiger partial charge in [0.15, 0.2) is 0 Å². The Morgan fingerprint density at radius 1 is 1.33 bits per heavy atom. The lowest BCUT2D eigenvalue weighted by atomic mass is 9.98. The highest BCUT2D eigenvalue weighted by molar-refractivity contribution is 5.93. The summed E-state index contributed by atoms with van der Waals surface area (Å²) in [5, 5.41) is 6.43. The second kappa shape index (κ2) is 8.15. The Kier molecular flexibility index (Phi) is 6.21. The average Bonchev–Trinajstić information content (AvgIpc) is 2.54. The predicted octanol–water partition coefficient (Wildman–Crippen LogP) is 2.47. The smallest absolute Gasteiger partial charge is 0.228 e. The standard InChI is InChI=1S/C17H27N3O/c1-3-20(4-2)13-15-8-5-6-10-16(15)19-17(21)14-9-7-11-18-12-14/h5-6,8,10,14,18H,3-4,7,9,11-13H2,1-2H3,(H,19,21). The molecule has 116 valence electrons. The Morgan fingerprint density at radius 3 is 2.76 bits per heavy atom. The topological polar surface area (TPSA) is 44.4 Å². The summed E-state index contributed by atoms with van der Waals surface area (Å²) in [6.45, 7) is 9.08. The molecule has 1 aliphatic rings. The number of carbonyl (C=O) groups is 1. The average molecular weight is 289 g/mol. The molecule has 0 bridgehead atoms. The van der Waals surface area contributed by atoms with Crippen LogP contribution in [-0.2, 0) is 11.3 Å². The number of nitrogens with zero attached hydrogens (tertiary/aromatic N) is 1. The van der Waals surface area contributed by atoms with E-state index in [1.54, 1.807) is 0 Å². The summed E-state index contributed by atoms with van der Waals surface area (Å²) in [6, 6.07) is 8.14. The molecule has 0 saturated carbocycles. The third-order valence-corrected chi connectivity index (χ3v) is 4.23. The van der Waals surface area contributed by atoms with Gasteiger partial charge in [0.25, 0.3) is 0 Å². The first-order valence-electron chi connectivity index (χ1n) is 8.06. The van der Waals surface area contributed by atoms with Crippen molar-refractivity contribution in [3.05, 3.63) is 29.8 Å². The molecule has 0 radical (unpaired) electrons. The number of hydrogen-bond donors (Lipinski definition) is 2. The van der Waals surface area contributed by atoms with Crippen molar-refractivity contribution in [1.82, 2.24) is 10.2 Å². The summed E-state index contributed by atoms with van der Waals surface area (Å²) in [6.07, 6.45) is 2.07. The Morgan fingerprint density at radius 2 is 2.10 bits per heavy atom. The number of hydrogen-bond acceptors (Lipinski definition) is 3. The van der Waals surface area contributed by atoms with E-state index >= 15 is 0 Å². The molecule has 4 heteroatoms. The van der Waals surface area contributed by atoms with E-state index in [-0.39, 0.29) is 11.8 Å². The lowest BCUT2D eigenvalue weighted by Crippen LogP contribution is -2.37. The molecule has 1 atom stereocenters. The van der Waals surface area contributed by atoms with E-state index in [2.05, 4.69) is 35.4 Å². The van der Waals surface area contributed by atoms with Crippen molar-refractivity contribution in [2.45, 2.75) is 33.2 Å². The van der Waals surface area contributed by atoms with Crippen LogP contribution in [0.1, 0.15) is 32.3 Å². The second-order valence-corrected chi connectivity index (χ2v) is 5.65. The molecule has 2 rings (SSSR count). The van der Waals surface area contributed by atoms with Crippen molar-refractivity contribution in [3.63, 3.8) is 0 Å². The van der Waals surface area contributed by atoms with Gasteiger partial charge in [0.2, 0.25) is 5.91 Å². The van der Waals surface area contributed by atoms with Gasteiger partial charge in [0, 0.05) is 18.8 Å². The van der Waals surface area contributed by atoms with Gasteiger partial charge in [0.05, 0.1) is 5.92 Å². The molecule has 1 heterocycles. The van der Waals surface area contributed by atoms with Gasteiger partial charge in [0.1, 0.15) is 0 Å². The van der Waals surface area contributed by atoms with Crippen LogP contribution in [0.25, 0.3) is 0 Å². The Balaban J connectivity index is 2.03. The van der Waals surface area contributed by atoms with E-state index < -0.39 is 0 Å². The van der Waals surface area contributed by atoms with Crippen molar-refractivity contribution in [2.75, 3.05) is 31.5 Å². The van der Waals surface area contributed by atoms with Crippen LogP contribution in [-0.4, -0.2) is 37.0 Å². The Labute approximate surface area is 127 Å². The second-order valence-electron chi connectivity index (χ2n) is 5.65. The number of amides is 1. The first-order valence-corrected chi connectivity index (χ1v) is 8.06. The number of nitrogens with one attached hydrogen (secondary N) is 2. The van der Waals surface area contributed by atoms with Crippen LogP contribution >= 0.6 is 0 Å². The first-order chi connectivity index (χ1) is 10.2. The molecule has 0 aromatic heterocycles. The molecule has 1 unspecified atom stereocenters. The summed E-state index contributed by atoms with van der Waals surface area (Å²) >= 11 is 0. The van der Waals surface area contributed by atoms with Crippen LogP contribution in [0, 0.1) is 5.92 Å². The summed E-state index contributed by atoms with van der Waals surface area (Å²) < 4.78 is 0. The zero-order valence-electron chi connectivity index (χ0n) is 13.2. The summed E-state index contributed by atoms with van der Waals surface area (Å²) in [4.78, 5) is 14.7. The van der Waals surface area contributed by atoms with Gasteiger partial charge in [-0.1, -0.05) is 32.0 Å². The van der Waals surface area contributed by atoms with E-state index in [4.69, 9.17) is 0 Å². The minimum absolute atomic E-state index is 0.0975. The van der Waals surface area contributed by atoms with E-state index in [1.165, 1.54) is 5.56 Å². The predicted molar refractivity (Wildman–Crippen MR) is 87.3 cm³/mol. The molecule has 0 spiro atoms. The number of rotatable bonds is 6. The molecule has 1 saturated heterocycles. The fourth-order valence-electron chi connectivity index (χ4n) is 2.78. The number of anilines is 1. The number of para-hydroxylation sites is 1. The van der Waals surface area contributed by atoms with Crippen LogP contribution in [0.2, 0.25) is 0 Å². The van der Waals surface area contributed by atoms with Gasteiger partial charge in [-0.3, -0.25) is 9.69 Å². The Hall–Kier alpha value is -1.39. The number of piperidine rings is 1. The highest BCUT2D eigenvalue weighted by atomic mass is 16.1. The highest BCUT2D eigenvalue weighted by Gasteiger charge is 2.21. The lowest BCUT2D eigenvalue weighted by Gasteiger charge is -2.24. The molecule has 4 nitrogen and oxygen atoms in total. The third-order valence-electron chi connectivity index (χ3n) is 4.23. The van der Waals surface area contributed by atoms with Crippen molar-refractivity contribution >= 4 is 11.6 Å². The zero-order valence-corrected chi connectivity index (χ0v) is 13.2. The van der Waals surface area contributed by atoms with Crippen LogP contribution in [0.4, 0.5) is 5.69 Å². The van der Waals surface area contributed by atoms with Crippen LogP contribution in [0.15, 0.2) is 24.3 Å². The molecular weight excluding hydrogens is 262 g/mol. The summed E-state index contributed by atoms with van der Waals surface area (Å²) in [5.41, 5.74) is 2.15. The van der Waals surface area contributed by atoms with Gasteiger partial charge < -0.3 is 10.6 Å². The van der Waals surface area contributed by atoms with Crippen molar-refractivity contribution < 1.29 is 4.79 Å². The fraction of sp³-hybridized carbons (Fsp3) is 0.588. The molecule has 21 heavy (non-hydrogen) atoms. The maximum Gasteiger partial charge on any atom is 0.228 e.